The topological polar surface area (TPSA) is 81.4 Å². The Bertz CT molecular complexity index is 1080. The molecule has 1 amide bonds. The number of nitrogens with zero attached hydrogens (tertiary/aromatic N) is 4. The summed E-state index contributed by atoms with van der Waals surface area (Å²) in [5, 5.41) is 17.8. The van der Waals surface area contributed by atoms with Crippen LogP contribution in [0.3, 0.4) is 0 Å². The summed E-state index contributed by atoms with van der Waals surface area (Å²) >= 11 is 0. The molecule has 0 spiro atoms. The fraction of sp³-hybridized carbons (Fsp3) is 0.200. The van der Waals surface area contributed by atoms with Gasteiger partial charge in [-0.2, -0.15) is 9.61 Å². The monoisotopic (exact) mass is 361 g/mol. The number of benzene rings is 2. The molecule has 136 valence electrons. The van der Waals surface area contributed by atoms with Crippen molar-refractivity contribution >= 4 is 22.3 Å². The van der Waals surface area contributed by atoms with Gasteiger partial charge in [-0.25, -0.2) is 0 Å². The minimum atomic E-state index is -0.449. The largest absolute Gasteiger partial charge is 0.374 e. The molecule has 2 heterocycles. The molecule has 0 aliphatic rings. The van der Waals surface area contributed by atoms with Crippen LogP contribution in [0, 0.1) is 0 Å². The van der Waals surface area contributed by atoms with Crippen LogP contribution >= 0.6 is 0 Å². The maximum absolute atomic E-state index is 11.7. The minimum absolute atomic E-state index is 0.166. The van der Waals surface area contributed by atoms with Gasteiger partial charge >= 0.3 is 0 Å². The first kappa shape index (κ1) is 17.1. The lowest BCUT2D eigenvalue weighted by Gasteiger charge is -2.16. The van der Waals surface area contributed by atoms with Crippen molar-refractivity contribution in [2.24, 2.45) is 0 Å². The van der Waals surface area contributed by atoms with E-state index in [4.69, 9.17) is 4.74 Å². The van der Waals surface area contributed by atoms with Gasteiger partial charge in [0.2, 0.25) is 5.91 Å². The van der Waals surface area contributed by atoms with Gasteiger partial charge in [-0.05, 0) is 5.56 Å². The molecule has 0 bridgehead atoms. The first-order chi connectivity index (χ1) is 13.2. The molecule has 7 nitrogen and oxygen atoms in total. The van der Waals surface area contributed by atoms with Crippen molar-refractivity contribution in [3.05, 3.63) is 72.2 Å². The molecule has 4 rings (SSSR count). The highest BCUT2D eigenvalue weighted by Crippen LogP contribution is 2.20. The van der Waals surface area contributed by atoms with Gasteiger partial charge in [0.1, 0.15) is 6.04 Å². The number of carbonyl (C=O) groups is 1. The number of fused-ring (bicyclic) bond motifs is 3. The highest BCUT2D eigenvalue weighted by Gasteiger charge is 2.21. The van der Waals surface area contributed by atoms with E-state index in [2.05, 4.69) is 20.6 Å². The summed E-state index contributed by atoms with van der Waals surface area (Å²) in [6, 6.07) is 17.3. The maximum atomic E-state index is 11.7. The first-order valence-corrected chi connectivity index (χ1v) is 8.70. The van der Waals surface area contributed by atoms with Crippen molar-refractivity contribution in [1.82, 2.24) is 25.1 Å². The minimum Gasteiger partial charge on any atom is -0.374 e. The van der Waals surface area contributed by atoms with E-state index in [1.165, 1.54) is 6.92 Å². The highest BCUT2D eigenvalue weighted by atomic mass is 16.5. The predicted octanol–water partition coefficient (Wildman–Crippen LogP) is 2.67. The molecular weight excluding hydrogens is 342 g/mol. The number of aromatic nitrogens is 4. The van der Waals surface area contributed by atoms with Crippen LogP contribution in [0.2, 0.25) is 0 Å². The average Bonchev–Trinajstić information content (AvgIpc) is 3.12. The van der Waals surface area contributed by atoms with Gasteiger partial charge in [0.05, 0.1) is 19.4 Å². The third-order valence-corrected chi connectivity index (χ3v) is 4.26. The molecule has 0 saturated heterocycles. The standard InChI is InChI=1S/C20H19N5O2/c1-14(26)22-18(13-27-12-15-7-3-2-4-8-15)20-24-23-19-17-10-6-5-9-16(17)11-21-25(19)20/h2-11,18H,12-13H2,1H3,(H,22,26). The lowest BCUT2D eigenvalue weighted by atomic mass is 10.2. The van der Waals surface area contributed by atoms with Crippen LogP contribution in [0.4, 0.5) is 0 Å². The first-order valence-electron chi connectivity index (χ1n) is 8.70. The van der Waals surface area contributed by atoms with E-state index in [0.29, 0.717) is 18.1 Å². The van der Waals surface area contributed by atoms with Crippen LogP contribution in [0.1, 0.15) is 24.4 Å². The number of hydrogen-bond donors (Lipinski definition) is 1. The second kappa shape index (κ2) is 7.51. The van der Waals surface area contributed by atoms with E-state index >= 15 is 0 Å². The van der Waals surface area contributed by atoms with Gasteiger partial charge in [0, 0.05) is 17.7 Å². The van der Waals surface area contributed by atoms with Crippen molar-refractivity contribution in [2.75, 3.05) is 6.61 Å². The van der Waals surface area contributed by atoms with Crippen LogP contribution in [-0.4, -0.2) is 32.3 Å². The lowest BCUT2D eigenvalue weighted by Crippen LogP contribution is -2.31. The molecule has 7 heteroatoms. The summed E-state index contributed by atoms with van der Waals surface area (Å²) in [4.78, 5) is 11.7. The lowest BCUT2D eigenvalue weighted by molar-refractivity contribution is -0.120. The van der Waals surface area contributed by atoms with Gasteiger partial charge in [0.25, 0.3) is 0 Å². The molecule has 2 aromatic heterocycles. The normalized spacial score (nSPS) is 12.3. The van der Waals surface area contributed by atoms with Crippen molar-refractivity contribution in [3.63, 3.8) is 0 Å². The Balaban J connectivity index is 1.61. The smallest absolute Gasteiger partial charge is 0.217 e. The predicted molar refractivity (Wildman–Crippen MR) is 101 cm³/mol. The molecule has 27 heavy (non-hydrogen) atoms. The van der Waals surface area contributed by atoms with Gasteiger partial charge in [0.15, 0.2) is 11.5 Å². The fourth-order valence-electron chi connectivity index (χ4n) is 3.02. The second-order valence-corrected chi connectivity index (χ2v) is 6.28. The van der Waals surface area contributed by atoms with Crippen molar-refractivity contribution in [3.8, 4) is 0 Å². The van der Waals surface area contributed by atoms with E-state index in [1.807, 2.05) is 54.6 Å². The SMILES string of the molecule is CC(=O)NC(COCc1ccccc1)c1nnc2c3ccccc3cnn12. The third kappa shape index (κ3) is 3.63. The van der Waals surface area contributed by atoms with Gasteiger partial charge in [-0.1, -0.05) is 54.6 Å². The van der Waals surface area contributed by atoms with Gasteiger partial charge < -0.3 is 10.1 Å². The zero-order valence-corrected chi connectivity index (χ0v) is 14.9. The average molecular weight is 361 g/mol. The number of rotatable bonds is 6. The van der Waals surface area contributed by atoms with Crippen molar-refractivity contribution < 1.29 is 9.53 Å². The summed E-state index contributed by atoms with van der Waals surface area (Å²) in [5.41, 5.74) is 1.72. The Morgan fingerprint density at radius 1 is 1.11 bits per heavy atom. The maximum Gasteiger partial charge on any atom is 0.217 e. The number of carbonyl (C=O) groups excluding carboxylic acids is 1. The Labute approximate surface area is 156 Å². The Kier molecular flexibility index (Phi) is 4.76. The molecular formula is C20H19N5O2. The summed E-state index contributed by atoms with van der Waals surface area (Å²) in [7, 11) is 0. The summed E-state index contributed by atoms with van der Waals surface area (Å²) < 4.78 is 7.48. The van der Waals surface area contributed by atoms with Crippen LogP contribution < -0.4 is 5.32 Å². The van der Waals surface area contributed by atoms with Gasteiger partial charge in [-0.3, -0.25) is 4.79 Å². The Morgan fingerprint density at radius 2 is 1.89 bits per heavy atom. The van der Waals surface area contributed by atoms with E-state index < -0.39 is 6.04 Å². The van der Waals surface area contributed by atoms with Crippen molar-refractivity contribution in [2.45, 2.75) is 19.6 Å². The van der Waals surface area contributed by atoms with E-state index in [1.54, 1.807) is 10.7 Å². The highest BCUT2D eigenvalue weighted by molar-refractivity contribution is 5.92. The molecule has 0 radical (unpaired) electrons. The molecule has 0 saturated carbocycles. The molecule has 0 aliphatic heterocycles. The molecule has 2 aromatic carbocycles. The van der Waals surface area contributed by atoms with Crippen LogP contribution in [0.25, 0.3) is 16.4 Å². The zero-order valence-electron chi connectivity index (χ0n) is 14.9. The Morgan fingerprint density at radius 3 is 2.70 bits per heavy atom. The van der Waals surface area contributed by atoms with Crippen LogP contribution in [-0.2, 0) is 16.1 Å². The molecule has 1 atom stereocenters. The van der Waals surface area contributed by atoms with Gasteiger partial charge in [-0.15, -0.1) is 10.2 Å². The summed E-state index contributed by atoms with van der Waals surface area (Å²) in [5.74, 6) is 0.375. The molecule has 4 aromatic rings. The summed E-state index contributed by atoms with van der Waals surface area (Å²) in [6.45, 7) is 2.18. The summed E-state index contributed by atoms with van der Waals surface area (Å²) in [6.07, 6.45) is 1.77. The molecule has 0 fully saturated rings. The number of nitrogens with one attached hydrogen (secondary N) is 1. The molecule has 1 unspecified atom stereocenters. The van der Waals surface area contributed by atoms with E-state index in [9.17, 15) is 4.79 Å². The molecule has 0 aliphatic carbocycles. The van der Waals surface area contributed by atoms with E-state index in [-0.39, 0.29) is 12.5 Å². The zero-order chi connectivity index (χ0) is 18.6. The number of hydrogen-bond acceptors (Lipinski definition) is 5. The fourth-order valence-corrected chi connectivity index (χ4v) is 3.02. The number of ether oxygens (including phenoxy) is 1. The van der Waals surface area contributed by atoms with Crippen LogP contribution in [0.15, 0.2) is 60.8 Å². The number of amides is 1. The third-order valence-electron chi connectivity index (χ3n) is 4.26. The molecule has 1 N–H and O–H groups in total. The van der Waals surface area contributed by atoms with Crippen LogP contribution in [0.5, 0.6) is 0 Å². The quantitative estimate of drug-likeness (QED) is 0.571. The Hall–Kier alpha value is -3.32. The second-order valence-electron chi connectivity index (χ2n) is 6.28. The van der Waals surface area contributed by atoms with Crippen molar-refractivity contribution in [1.29, 1.82) is 0 Å². The van der Waals surface area contributed by atoms with E-state index in [0.717, 1.165) is 16.3 Å².